The van der Waals surface area contributed by atoms with Crippen LogP contribution in [-0.2, 0) is 5.41 Å². The molecule has 0 atom stereocenters. The number of hydrogen-bond donors (Lipinski definition) is 3. The predicted octanol–water partition coefficient (Wildman–Crippen LogP) is 7.39. The third-order valence-corrected chi connectivity index (χ3v) is 6.90. The summed E-state index contributed by atoms with van der Waals surface area (Å²) in [6.45, 7) is 8.99. The van der Waals surface area contributed by atoms with Crippen LogP contribution in [0.2, 0.25) is 0 Å². The minimum atomic E-state index is -0.640. The zero-order valence-corrected chi connectivity index (χ0v) is 21.5. The molecule has 0 bridgehead atoms. The largest absolute Gasteiger partial charge is 0.397 e. The molecule has 0 aliphatic heterocycles. The van der Waals surface area contributed by atoms with E-state index in [-0.39, 0.29) is 0 Å². The Labute approximate surface area is 214 Å². The third-order valence-electron chi connectivity index (χ3n) is 6.90. The Morgan fingerprint density at radius 1 is 0.694 bits per heavy atom. The van der Waals surface area contributed by atoms with Crippen molar-refractivity contribution in [3.8, 4) is 0 Å². The lowest BCUT2D eigenvalue weighted by Gasteiger charge is -2.41. The van der Waals surface area contributed by atoms with Gasteiger partial charge in [-0.1, -0.05) is 113 Å². The highest BCUT2D eigenvalue weighted by Gasteiger charge is 2.42. The number of carbonyl (C=O) groups is 1. The molecule has 184 valence electrons. The number of benzene rings is 4. The van der Waals surface area contributed by atoms with Gasteiger partial charge in [-0.15, -0.1) is 0 Å². The minimum Gasteiger partial charge on any atom is -0.397 e. The van der Waals surface area contributed by atoms with E-state index in [1.54, 1.807) is 0 Å². The Kier molecular flexibility index (Phi) is 7.16. The molecule has 0 heterocycles. The number of amides is 2. The molecule has 0 saturated carbocycles. The number of primary amides is 1. The summed E-state index contributed by atoms with van der Waals surface area (Å²) >= 11 is 0. The standard InChI is InChI=1S/C32H35N3O/c1-21(2)26-16-11-17-27(22(3)4)30(26)32(23-12-7-5-8-13-23,24-14-9-6-10-15-24)25-18-19-29(28(33)20-25)35-31(34)36/h5-22H,33H2,1-4H3,(H3,34,35,36). The lowest BCUT2D eigenvalue weighted by Crippen LogP contribution is -2.34. The molecule has 4 aromatic carbocycles. The van der Waals surface area contributed by atoms with Gasteiger partial charge in [0.15, 0.2) is 0 Å². The van der Waals surface area contributed by atoms with Crippen LogP contribution < -0.4 is 16.8 Å². The second-order valence-corrected chi connectivity index (χ2v) is 9.89. The van der Waals surface area contributed by atoms with Gasteiger partial charge in [-0.2, -0.15) is 0 Å². The van der Waals surface area contributed by atoms with Crippen molar-refractivity contribution in [1.82, 2.24) is 0 Å². The maximum Gasteiger partial charge on any atom is 0.316 e. The first-order valence-electron chi connectivity index (χ1n) is 12.5. The quantitative estimate of drug-likeness (QED) is 0.192. The zero-order valence-electron chi connectivity index (χ0n) is 21.5. The van der Waals surface area contributed by atoms with Crippen molar-refractivity contribution in [1.29, 1.82) is 0 Å². The molecule has 4 heteroatoms. The van der Waals surface area contributed by atoms with Crippen LogP contribution in [-0.4, -0.2) is 6.03 Å². The van der Waals surface area contributed by atoms with Crippen molar-refractivity contribution >= 4 is 17.4 Å². The van der Waals surface area contributed by atoms with E-state index in [9.17, 15) is 4.79 Å². The molecule has 36 heavy (non-hydrogen) atoms. The van der Waals surface area contributed by atoms with E-state index in [1.807, 2.05) is 24.3 Å². The topological polar surface area (TPSA) is 81.1 Å². The third kappa shape index (κ3) is 4.47. The number of nitrogens with two attached hydrogens (primary N) is 2. The highest BCUT2D eigenvalue weighted by molar-refractivity contribution is 5.91. The summed E-state index contributed by atoms with van der Waals surface area (Å²) in [7, 11) is 0. The molecule has 0 saturated heterocycles. The Bertz CT molecular complexity index is 1280. The molecule has 2 amide bonds. The zero-order chi connectivity index (χ0) is 25.9. The van der Waals surface area contributed by atoms with Crippen LogP contribution in [0.25, 0.3) is 0 Å². The normalized spacial score (nSPS) is 11.6. The van der Waals surface area contributed by atoms with Crippen LogP contribution >= 0.6 is 0 Å². The maximum atomic E-state index is 11.6. The average molecular weight is 478 g/mol. The first-order valence-corrected chi connectivity index (χ1v) is 12.5. The molecule has 0 aliphatic rings. The van der Waals surface area contributed by atoms with Crippen LogP contribution in [0, 0.1) is 0 Å². The molecule has 5 N–H and O–H groups in total. The molecular weight excluding hydrogens is 442 g/mol. The van der Waals surface area contributed by atoms with Gasteiger partial charge in [0.2, 0.25) is 0 Å². The molecule has 0 spiro atoms. The number of rotatable bonds is 7. The van der Waals surface area contributed by atoms with E-state index in [2.05, 4.69) is 106 Å². The van der Waals surface area contributed by atoms with Crippen molar-refractivity contribution in [3.63, 3.8) is 0 Å². The van der Waals surface area contributed by atoms with Crippen molar-refractivity contribution in [2.75, 3.05) is 11.1 Å². The first kappa shape index (κ1) is 25.1. The Hall–Kier alpha value is -4.05. The van der Waals surface area contributed by atoms with Gasteiger partial charge < -0.3 is 16.8 Å². The van der Waals surface area contributed by atoms with Gasteiger partial charge in [0, 0.05) is 0 Å². The summed E-state index contributed by atoms with van der Waals surface area (Å²) in [5.74, 6) is 0.609. The van der Waals surface area contributed by atoms with E-state index >= 15 is 0 Å². The molecule has 0 aliphatic carbocycles. The van der Waals surface area contributed by atoms with Crippen molar-refractivity contribution in [3.05, 3.63) is 130 Å². The molecule has 4 aromatic rings. The van der Waals surface area contributed by atoms with Gasteiger partial charge in [-0.05, 0) is 57.3 Å². The van der Waals surface area contributed by atoms with Crippen molar-refractivity contribution in [2.45, 2.75) is 44.9 Å². The fourth-order valence-corrected chi connectivity index (χ4v) is 5.34. The molecule has 0 radical (unpaired) electrons. The van der Waals surface area contributed by atoms with Crippen LogP contribution in [0.1, 0.15) is 72.9 Å². The summed E-state index contributed by atoms with van der Waals surface area (Å²) in [6, 6.07) is 33.1. The second kappa shape index (κ2) is 10.3. The number of urea groups is 1. The summed E-state index contributed by atoms with van der Waals surface area (Å²) in [5.41, 5.74) is 19.5. The Morgan fingerprint density at radius 2 is 1.19 bits per heavy atom. The van der Waals surface area contributed by atoms with E-state index < -0.39 is 11.4 Å². The van der Waals surface area contributed by atoms with E-state index in [4.69, 9.17) is 11.5 Å². The number of nitrogen functional groups attached to an aromatic ring is 1. The van der Waals surface area contributed by atoms with Gasteiger partial charge in [-0.3, -0.25) is 0 Å². The fourth-order valence-electron chi connectivity index (χ4n) is 5.34. The van der Waals surface area contributed by atoms with Crippen molar-refractivity contribution in [2.24, 2.45) is 5.73 Å². The predicted molar refractivity (Wildman–Crippen MR) is 151 cm³/mol. The highest BCUT2D eigenvalue weighted by Crippen LogP contribution is 2.50. The molecule has 4 rings (SSSR count). The Morgan fingerprint density at radius 3 is 1.61 bits per heavy atom. The highest BCUT2D eigenvalue weighted by atomic mass is 16.2. The fraction of sp³-hybridized carbons (Fsp3) is 0.219. The maximum absolute atomic E-state index is 11.6. The number of nitrogens with one attached hydrogen (secondary N) is 1. The van der Waals surface area contributed by atoms with Gasteiger partial charge in [-0.25, -0.2) is 4.79 Å². The summed E-state index contributed by atoms with van der Waals surface area (Å²) in [6.07, 6.45) is 0. The van der Waals surface area contributed by atoms with Crippen molar-refractivity contribution < 1.29 is 4.79 Å². The van der Waals surface area contributed by atoms with Crippen LogP contribution in [0.15, 0.2) is 97.1 Å². The monoisotopic (exact) mass is 477 g/mol. The smallest absolute Gasteiger partial charge is 0.316 e. The lowest BCUT2D eigenvalue weighted by atomic mass is 9.61. The molecule has 4 nitrogen and oxygen atoms in total. The summed E-state index contributed by atoms with van der Waals surface area (Å²) in [5, 5.41) is 2.64. The van der Waals surface area contributed by atoms with Crippen LogP contribution in [0.3, 0.4) is 0 Å². The molecule has 0 aromatic heterocycles. The SMILES string of the molecule is CC(C)c1cccc(C(C)C)c1C(c1ccccc1)(c1ccccc1)c1ccc(NC(N)=O)c(N)c1. The summed E-state index contributed by atoms with van der Waals surface area (Å²) in [4.78, 5) is 11.6. The molecule has 0 fully saturated rings. The lowest BCUT2D eigenvalue weighted by molar-refractivity contribution is 0.259. The number of carbonyl (C=O) groups excluding carboxylic acids is 1. The minimum absolute atomic E-state index is 0.304. The molecule has 0 unspecified atom stereocenters. The number of hydrogen-bond acceptors (Lipinski definition) is 2. The van der Waals surface area contributed by atoms with Gasteiger partial charge in [0.05, 0.1) is 16.8 Å². The van der Waals surface area contributed by atoms with E-state index in [1.165, 1.54) is 16.7 Å². The molecular formula is C32H35N3O. The van der Waals surface area contributed by atoms with E-state index in [0.29, 0.717) is 23.2 Å². The van der Waals surface area contributed by atoms with Gasteiger partial charge in [0.25, 0.3) is 0 Å². The van der Waals surface area contributed by atoms with Crippen LogP contribution in [0.4, 0.5) is 16.2 Å². The number of anilines is 2. The van der Waals surface area contributed by atoms with Crippen LogP contribution in [0.5, 0.6) is 0 Å². The first-order chi connectivity index (χ1) is 17.3. The summed E-state index contributed by atoms with van der Waals surface area (Å²) < 4.78 is 0. The van der Waals surface area contributed by atoms with Gasteiger partial charge >= 0.3 is 6.03 Å². The average Bonchev–Trinajstić information content (AvgIpc) is 2.87. The second-order valence-electron chi connectivity index (χ2n) is 9.89. The van der Waals surface area contributed by atoms with Gasteiger partial charge in [0.1, 0.15) is 0 Å². The Balaban J connectivity index is 2.22. The van der Waals surface area contributed by atoms with E-state index in [0.717, 1.165) is 16.7 Å².